The van der Waals surface area contributed by atoms with Crippen molar-refractivity contribution >= 4 is 17.7 Å². The molecule has 0 aliphatic rings. The van der Waals surface area contributed by atoms with E-state index < -0.39 is 5.97 Å². The number of nitrogens with zero attached hydrogens (tertiary/aromatic N) is 1. The van der Waals surface area contributed by atoms with Gasteiger partial charge in [-0.3, -0.25) is 0 Å². The highest BCUT2D eigenvalue weighted by atomic mass is 16.4. The van der Waals surface area contributed by atoms with Crippen LogP contribution in [0.4, 0.5) is 10.5 Å². The predicted octanol–water partition coefficient (Wildman–Crippen LogP) is 2.04. The normalized spacial score (nSPS) is 9.82. The van der Waals surface area contributed by atoms with Gasteiger partial charge in [0.05, 0.1) is 11.3 Å². The summed E-state index contributed by atoms with van der Waals surface area (Å²) in [5.74, 6) is -1.05. The van der Waals surface area contributed by atoms with E-state index in [-0.39, 0.29) is 11.6 Å². The number of carbonyl (C=O) groups is 2. The number of nitrogens with one attached hydrogen (secondary N) is 1. The minimum absolute atomic E-state index is 0.111. The van der Waals surface area contributed by atoms with Crippen LogP contribution in [0.2, 0.25) is 0 Å². The zero-order valence-electron chi connectivity index (χ0n) is 10.2. The molecule has 0 aromatic heterocycles. The summed E-state index contributed by atoms with van der Waals surface area (Å²) in [6.07, 6.45) is 0.752. The first-order valence-electron chi connectivity index (χ1n) is 5.30. The van der Waals surface area contributed by atoms with Crippen molar-refractivity contribution in [3.05, 3.63) is 29.3 Å². The van der Waals surface area contributed by atoms with Gasteiger partial charge in [-0.15, -0.1) is 0 Å². The van der Waals surface area contributed by atoms with Crippen molar-refractivity contribution in [2.24, 2.45) is 0 Å². The van der Waals surface area contributed by atoms with Gasteiger partial charge in [-0.2, -0.15) is 0 Å². The second-order valence-electron chi connectivity index (χ2n) is 3.86. The highest BCUT2D eigenvalue weighted by molar-refractivity contribution is 6.00. The summed E-state index contributed by atoms with van der Waals surface area (Å²) in [5, 5.41) is 11.6. The third-order valence-electron chi connectivity index (χ3n) is 2.37. The minimum atomic E-state index is -1.05. The lowest BCUT2D eigenvalue weighted by atomic mass is 10.1. The Kier molecular flexibility index (Phi) is 4.09. The van der Waals surface area contributed by atoms with Crippen LogP contribution in [0.25, 0.3) is 0 Å². The van der Waals surface area contributed by atoms with Gasteiger partial charge in [-0.1, -0.05) is 13.0 Å². The molecule has 1 rings (SSSR count). The number of carboxylic acids is 1. The van der Waals surface area contributed by atoms with Crippen molar-refractivity contribution in [1.29, 1.82) is 0 Å². The molecule has 1 aromatic rings. The number of aryl methyl sites for hydroxylation is 1. The molecule has 0 heterocycles. The Bertz CT molecular complexity index is 441. The molecule has 0 aliphatic heterocycles. The molecule has 2 N–H and O–H groups in total. The van der Waals surface area contributed by atoms with Crippen LogP contribution in [0.5, 0.6) is 0 Å². The minimum Gasteiger partial charge on any atom is -0.478 e. The maximum Gasteiger partial charge on any atom is 0.337 e. The molecule has 1 aromatic carbocycles. The van der Waals surface area contributed by atoms with Crippen LogP contribution >= 0.6 is 0 Å². The number of anilines is 1. The lowest BCUT2D eigenvalue weighted by Crippen LogP contribution is -2.28. The summed E-state index contributed by atoms with van der Waals surface area (Å²) in [5.41, 5.74) is 1.35. The number of amides is 2. The number of aromatic carboxylic acids is 1. The molecule has 0 spiro atoms. The molecule has 0 bridgehead atoms. The van der Waals surface area contributed by atoms with E-state index in [1.54, 1.807) is 32.3 Å². The van der Waals surface area contributed by atoms with Crippen LogP contribution in [0.1, 0.15) is 22.8 Å². The summed E-state index contributed by atoms with van der Waals surface area (Å²) >= 11 is 0. The smallest absolute Gasteiger partial charge is 0.337 e. The van der Waals surface area contributed by atoms with Crippen LogP contribution in [0.15, 0.2) is 18.2 Å². The summed E-state index contributed by atoms with van der Waals surface area (Å²) < 4.78 is 0. The Labute approximate surface area is 100 Å². The van der Waals surface area contributed by atoms with Gasteiger partial charge in [-0.05, 0) is 24.1 Å². The summed E-state index contributed by atoms with van der Waals surface area (Å²) in [6, 6.07) is 4.64. The van der Waals surface area contributed by atoms with Crippen molar-refractivity contribution in [3.63, 3.8) is 0 Å². The Morgan fingerprint density at radius 2 is 2.00 bits per heavy atom. The van der Waals surface area contributed by atoms with Gasteiger partial charge >= 0.3 is 12.0 Å². The molecule has 0 saturated carbocycles. The largest absolute Gasteiger partial charge is 0.478 e. The van der Waals surface area contributed by atoms with E-state index in [1.165, 1.54) is 4.90 Å². The topological polar surface area (TPSA) is 69.6 Å². The molecule has 5 heteroatoms. The number of urea groups is 1. The second kappa shape index (κ2) is 5.34. The van der Waals surface area contributed by atoms with Gasteiger partial charge in [-0.25, -0.2) is 9.59 Å². The Hall–Kier alpha value is -2.04. The first-order chi connectivity index (χ1) is 7.95. The van der Waals surface area contributed by atoms with E-state index in [0.717, 1.165) is 12.0 Å². The molecule has 0 aliphatic carbocycles. The fourth-order valence-corrected chi connectivity index (χ4v) is 1.32. The quantitative estimate of drug-likeness (QED) is 0.843. The Morgan fingerprint density at radius 1 is 1.35 bits per heavy atom. The van der Waals surface area contributed by atoms with Crippen LogP contribution in [0, 0.1) is 0 Å². The van der Waals surface area contributed by atoms with Gasteiger partial charge in [0, 0.05) is 14.1 Å². The van der Waals surface area contributed by atoms with Crippen molar-refractivity contribution < 1.29 is 14.7 Å². The summed E-state index contributed by atoms with van der Waals surface area (Å²) in [4.78, 5) is 23.9. The van der Waals surface area contributed by atoms with Crippen LogP contribution in [0.3, 0.4) is 0 Å². The highest BCUT2D eigenvalue weighted by Crippen LogP contribution is 2.18. The van der Waals surface area contributed by atoms with E-state index >= 15 is 0 Å². The molecule has 0 unspecified atom stereocenters. The third-order valence-corrected chi connectivity index (χ3v) is 2.37. The molecule has 2 amide bonds. The lowest BCUT2D eigenvalue weighted by molar-refractivity contribution is 0.0698. The number of carboxylic acid groups (broad SMARTS) is 1. The fourth-order valence-electron chi connectivity index (χ4n) is 1.32. The van der Waals surface area contributed by atoms with E-state index in [4.69, 9.17) is 5.11 Å². The van der Waals surface area contributed by atoms with Gasteiger partial charge in [0.25, 0.3) is 0 Å². The van der Waals surface area contributed by atoms with E-state index in [9.17, 15) is 9.59 Å². The van der Waals surface area contributed by atoms with E-state index in [1.807, 2.05) is 6.92 Å². The molecule has 0 fully saturated rings. The van der Waals surface area contributed by atoms with Gasteiger partial charge in [0.15, 0.2) is 0 Å². The van der Waals surface area contributed by atoms with Crippen molar-refractivity contribution in [2.45, 2.75) is 13.3 Å². The van der Waals surface area contributed by atoms with Crippen molar-refractivity contribution in [1.82, 2.24) is 4.90 Å². The summed E-state index contributed by atoms with van der Waals surface area (Å²) in [6.45, 7) is 1.94. The number of carbonyl (C=O) groups excluding carboxylic acids is 1. The maximum atomic E-state index is 11.5. The number of benzene rings is 1. The molecule has 0 saturated heterocycles. The third kappa shape index (κ3) is 3.21. The average molecular weight is 236 g/mol. The van der Waals surface area contributed by atoms with E-state index in [2.05, 4.69) is 5.32 Å². The number of rotatable bonds is 3. The van der Waals surface area contributed by atoms with Gasteiger partial charge in [0.2, 0.25) is 0 Å². The fraction of sp³-hybridized carbons (Fsp3) is 0.333. The molecule has 5 nitrogen and oxygen atoms in total. The Morgan fingerprint density at radius 3 is 2.47 bits per heavy atom. The van der Waals surface area contributed by atoms with Crippen LogP contribution in [-0.2, 0) is 6.42 Å². The molecular formula is C12H16N2O3. The van der Waals surface area contributed by atoms with Gasteiger partial charge in [0.1, 0.15) is 0 Å². The van der Waals surface area contributed by atoms with Crippen molar-refractivity contribution in [3.8, 4) is 0 Å². The molecule has 92 valence electrons. The second-order valence-corrected chi connectivity index (χ2v) is 3.86. The first kappa shape index (κ1) is 13.0. The first-order valence-corrected chi connectivity index (χ1v) is 5.30. The zero-order chi connectivity index (χ0) is 13.0. The molecule has 0 atom stereocenters. The number of hydrogen-bond acceptors (Lipinski definition) is 2. The lowest BCUT2D eigenvalue weighted by Gasteiger charge is -2.14. The monoisotopic (exact) mass is 236 g/mol. The molecular weight excluding hydrogens is 220 g/mol. The predicted molar refractivity (Wildman–Crippen MR) is 65.5 cm³/mol. The van der Waals surface area contributed by atoms with Crippen LogP contribution in [-0.4, -0.2) is 36.1 Å². The molecule has 0 radical (unpaired) electrons. The maximum absolute atomic E-state index is 11.5. The van der Waals surface area contributed by atoms with Gasteiger partial charge < -0.3 is 15.3 Å². The average Bonchev–Trinajstić information content (AvgIpc) is 2.29. The van der Waals surface area contributed by atoms with Crippen LogP contribution < -0.4 is 5.32 Å². The van der Waals surface area contributed by atoms with Crippen molar-refractivity contribution in [2.75, 3.05) is 19.4 Å². The number of hydrogen-bond donors (Lipinski definition) is 2. The van der Waals surface area contributed by atoms with E-state index in [0.29, 0.717) is 5.69 Å². The summed E-state index contributed by atoms with van der Waals surface area (Å²) in [7, 11) is 3.19. The highest BCUT2D eigenvalue weighted by Gasteiger charge is 2.13. The Balaban J connectivity index is 3.06. The standard InChI is InChI=1S/C12H16N2O3/c1-4-8-5-6-10(9(7-8)11(15)16)13-12(17)14(2)3/h5-7H,4H2,1-3H3,(H,13,17)(H,15,16). The zero-order valence-corrected chi connectivity index (χ0v) is 10.2. The molecule has 17 heavy (non-hydrogen) atoms. The SMILES string of the molecule is CCc1ccc(NC(=O)N(C)C)c(C(=O)O)c1.